The van der Waals surface area contributed by atoms with E-state index in [2.05, 4.69) is 4.74 Å². The van der Waals surface area contributed by atoms with Gasteiger partial charge in [-0.15, -0.1) is 0 Å². The highest BCUT2D eigenvalue weighted by atomic mass is 19.2. The summed E-state index contributed by atoms with van der Waals surface area (Å²) in [5.41, 5.74) is 0.396. The highest BCUT2D eigenvalue weighted by Crippen LogP contribution is 2.16. The Balaban J connectivity index is 2.60. The topological polar surface area (TPSA) is 96.3 Å². The molecule has 2 atom stereocenters. The molecule has 0 aliphatic rings. The number of rotatable bonds is 9. The van der Waals surface area contributed by atoms with E-state index >= 15 is 0 Å². The molecule has 0 saturated carbocycles. The van der Waals surface area contributed by atoms with Crippen LogP contribution in [0, 0.1) is 11.6 Å². The molecule has 1 rings (SSSR count). The van der Waals surface area contributed by atoms with Crippen LogP contribution in [-0.2, 0) is 19.1 Å². The summed E-state index contributed by atoms with van der Waals surface area (Å²) in [6, 6.07) is 3.37. The van der Waals surface area contributed by atoms with Crippen molar-refractivity contribution in [2.24, 2.45) is 0 Å². The minimum absolute atomic E-state index is 0.0359. The number of carboxylic acid groups (broad SMARTS) is 1. The first-order chi connectivity index (χ1) is 11.3. The second-order valence-corrected chi connectivity index (χ2v) is 4.98. The van der Waals surface area contributed by atoms with Gasteiger partial charge in [0.15, 0.2) is 11.6 Å². The van der Waals surface area contributed by atoms with E-state index in [0.29, 0.717) is 5.69 Å². The summed E-state index contributed by atoms with van der Waals surface area (Å²) in [6.07, 6.45) is -2.88. The summed E-state index contributed by atoms with van der Waals surface area (Å²) in [6.45, 7) is 0.542. The number of carboxylic acids is 1. The summed E-state index contributed by atoms with van der Waals surface area (Å²) < 4.78 is 35.9. The Kier molecular flexibility index (Phi) is 7.53. The predicted molar refractivity (Wildman–Crippen MR) is 79.6 cm³/mol. The lowest BCUT2D eigenvalue weighted by atomic mass is 10.2. The molecule has 0 fully saturated rings. The number of esters is 1. The van der Waals surface area contributed by atoms with E-state index in [1.54, 1.807) is 11.9 Å². The van der Waals surface area contributed by atoms with Crippen LogP contribution in [0.4, 0.5) is 14.5 Å². The van der Waals surface area contributed by atoms with Crippen LogP contribution in [0.1, 0.15) is 6.92 Å². The number of anilines is 1. The fraction of sp³-hybridized carbons (Fsp3) is 0.467. The van der Waals surface area contributed by atoms with E-state index in [0.717, 1.165) is 19.1 Å². The Hall–Kier alpha value is -2.26. The van der Waals surface area contributed by atoms with Crippen LogP contribution in [0.15, 0.2) is 18.2 Å². The van der Waals surface area contributed by atoms with E-state index in [4.69, 9.17) is 9.84 Å². The Morgan fingerprint density at radius 2 is 1.96 bits per heavy atom. The zero-order valence-corrected chi connectivity index (χ0v) is 13.2. The molecular weight excluding hydrogens is 328 g/mol. The number of nitrogens with zero attached hydrogens (tertiary/aromatic N) is 1. The third kappa shape index (κ3) is 5.74. The molecule has 0 bridgehead atoms. The molecule has 0 radical (unpaired) electrons. The van der Waals surface area contributed by atoms with Gasteiger partial charge in [0.05, 0.1) is 13.2 Å². The molecule has 9 heteroatoms. The second kappa shape index (κ2) is 9.14. The third-order valence-electron chi connectivity index (χ3n) is 3.16. The normalized spacial score (nSPS) is 13.2. The first kappa shape index (κ1) is 19.8. The quantitative estimate of drug-likeness (QED) is 0.638. The Morgan fingerprint density at radius 3 is 2.46 bits per heavy atom. The Bertz CT molecular complexity index is 583. The maximum Gasteiger partial charge on any atom is 0.347 e. The van der Waals surface area contributed by atoms with E-state index in [-0.39, 0.29) is 13.2 Å². The van der Waals surface area contributed by atoms with Crippen molar-refractivity contribution in [3.05, 3.63) is 29.8 Å². The van der Waals surface area contributed by atoms with Crippen molar-refractivity contribution in [1.82, 2.24) is 0 Å². The summed E-state index contributed by atoms with van der Waals surface area (Å²) in [4.78, 5) is 23.5. The molecule has 0 heterocycles. The smallest absolute Gasteiger partial charge is 0.347 e. The highest BCUT2D eigenvalue weighted by Gasteiger charge is 2.31. The lowest BCUT2D eigenvalue weighted by Gasteiger charge is -2.24. The van der Waals surface area contributed by atoms with Crippen LogP contribution in [0.5, 0.6) is 0 Å². The Labute approximate surface area is 137 Å². The van der Waals surface area contributed by atoms with Gasteiger partial charge in [0.25, 0.3) is 0 Å². The van der Waals surface area contributed by atoms with Gasteiger partial charge < -0.3 is 24.6 Å². The van der Waals surface area contributed by atoms with Crippen LogP contribution in [0.3, 0.4) is 0 Å². The minimum atomic E-state index is -1.64. The zero-order chi connectivity index (χ0) is 18.3. The number of likely N-dealkylation sites (N-methyl/N-ethyl adjacent to an activating group) is 1. The first-order valence-corrected chi connectivity index (χ1v) is 7.05. The number of aliphatic hydroxyl groups excluding tert-OH is 1. The molecule has 0 spiro atoms. The number of carbonyl (C=O) groups excluding carboxylic acids is 1. The van der Waals surface area contributed by atoms with Gasteiger partial charge in [0.1, 0.15) is 6.10 Å². The molecule has 24 heavy (non-hydrogen) atoms. The molecule has 0 amide bonds. The number of halogens is 2. The summed E-state index contributed by atoms with van der Waals surface area (Å²) >= 11 is 0. The van der Waals surface area contributed by atoms with Crippen molar-refractivity contribution in [3.8, 4) is 0 Å². The summed E-state index contributed by atoms with van der Waals surface area (Å²) in [5, 5.41) is 18.2. The maximum atomic E-state index is 13.2. The Morgan fingerprint density at radius 1 is 1.29 bits per heavy atom. The largest absolute Gasteiger partial charge is 0.478 e. The average Bonchev–Trinajstić information content (AvgIpc) is 2.51. The van der Waals surface area contributed by atoms with Gasteiger partial charge >= 0.3 is 11.9 Å². The summed E-state index contributed by atoms with van der Waals surface area (Å²) in [5.74, 6) is -4.22. The van der Waals surface area contributed by atoms with Crippen molar-refractivity contribution < 1.29 is 38.1 Å². The van der Waals surface area contributed by atoms with Gasteiger partial charge in [-0.3, -0.25) is 4.79 Å². The number of ether oxygens (including phenoxy) is 2. The molecule has 0 aromatic heterocycles. The molecule has 1 aromatic carbocycles. The van der Waals surface area contributed by atoms with Crippen molar-refractivity contribution >= 4 is 17.6 Å². The number of aliphatic carboxylic acids is 1. The zero-order valence-electron chi connectivity index (χ0n) is 13.2. The van der Waals surface area contributed by atoms with Gasteiger partial charge in [-0.1, -0.05) is 0 Å². The number of aliphatic hydroxyl groups is 1. The van der Waals surface area contributed by atoms with Crippen LogP contribution in [0.2, 0.25) is 0 Å². The minimum Gasteiger partial charge on any atom is -0.478 e. The molecule has 7 nitrogen and oxygen atoms in total. The second-order valence-electron chi connectivity index (χ2n) is 4.98. The molecule has 0 saturated heterocycles. The van der Waals surface area contributed by atoms with Crippen LogP contribution < -0.4 is 4.90 Å². The van der Waals surface area contributed by atoms with Gasteiger partial charge in [-0.05, 0) is 12.1 Å². The number of carbonyl (C=O) groups is 2. The number of benzene rings is 1. The molecule has 1 aromatic rings. The van der Waals surface area contributed by atoms with Crippen molar-refractivity contribution in [2.75, 3.05) is 31.7 Å². The first-order valence-electron chi connectivity index (χ1n) is 7.05. The maximum absolute atomic E-state index is 13.2. The van der Waals surface area contributed by atoms with Crippen molar-refractivity contribution in [1.29, 1.82) is 0 Å². The van der Waals surface area contributed by atoms with Gasteiger partial charge in [-0.25, -0.2) is 13.6 Å². The fourth-order valence-corrected chi connectivity index (χ4v) is 1.89. The number of hydrogen-bond donors (Lipinski definition) is 2. The van der Waals surface area contributed by atoms with Crippen LogP contribution in [-0.4, -0.2) is 61.2 Å². The van der Waals surface area contributed by atoms with Crippen molar-refractivity contribution in [2.45, 2.75) is 19.1 Å². The molecule has 0 aliphatic heterocycles. The van der Waals surface area contributed by atoms with Crippen LogP contribution >= 0.6 is 0 Å². The van der Waals surface area contributed by atoms with E-state index in [9.17, 15) is 23.5 Å². The predicted octanol–water partition coefficient (Wildman–Crippen LogP) is 0.795. The molecule has 2 N–H and O–H groups in total. The van der Waals surface area contributed by atoms with Crippen molar-refractivity contribution in [3.63, 3.8) is 0 Å². The summed E-state index contributed by atoms with van der Waals surface area (Å²) in [7, 11) is 1.60. The van der Waals surface area contributed by atoms with E-state index < -0.39 is 42.4 Å². The van der Waals surface area contributed by atoms with Gasteiger partial charge in [0, 0.05) is 32.3 Å². The SMILES string of the molecule is CC(=O)OC(C(=O)O)C(CO)OCCN(C)c1ccc(F)c(F)c1. The third-order valence-corrected chi connectivity index (χ3v) is 3.16. The highest BCUT2D eigenvalue weighted by molar-refractivity contribution is 5.77. The number of hydrogen-bond acceptors (Lipinski definition) is 6. The lowest BCUT2D eigenvalue weighted by Crippen LogP contribution is -2.42. The standard InChI is InChI=1S/C15H19F2NO6/c1-9(20)24-14(15(21)22)13(8-19)23-6-5-18(2)10-3-4-11(16)12(17)7-10/h3-4,7,13-14,19H,5-6,8H2,1-2H3,(H,21,22). The molecule has 2 unspecified atom stereocenters. The molecule has 134 valence electrons. The van der Waals surface area contributed by atoms with E-state index in [1.807, 2.05) is 0 Å². The van der Waals surface area contributed by atoms with Gasteiger partial charge in [-0.2, -0.15) is 0 Å². The van der Waals surface area contributed by atoms with E-state index in [1.165, 1.54) is 6.07 Å². The van der Waals surface area contributed by atoms with Gasteiger partial charge in [0.2, 0.25) is 6.10 Å². The monoisotopic (exact) mass is 347 g/mol. The average molecular weight is 347 g/mol. The molecule has 0 aliphatic carbocycles. The van der Waals surface area contributed by atoms with Crippen LogP contribution in [0.25, 0.3) is 0 Å². The fourth-order valence-electron chi connectivity index (χ4n) is 1.89. The molecular formula is C15H19F2NO6. The lowest BCUT2D eigenvalue weighted by molar-refractivity contribution is -0.175.